The van der Waals surface area contributed by atoms with Crippen LogP contribution in [0.2, 0.25) is 0 Å². The Kier molecular flexibility index (Phi) is 11.8. The minimum atomic E-state index is -0.927. The van der Waals surface area contributed by atoms with Gasteiger partial charge in [0.05, 0.1) is 12.4 Å². The average molecular weight is 425 g/mol. The fraction of sp³-hybridized carbons (Fsp3) is 0.545. The van der Waals surface area contributed by atoms with E-state index in [1.54, 1.807) is 49.1 Å². The van der Waals surface area contributed by atoms with E-state index in [0.29, 0.717) is 37.4 Å². The summed E-state index contributed by atoms with van der Waals surface area (Å²) < 4.78 is 37.6. The van der Waals surface area contributed by atoms with Gasteiger partial charge < -0.3 is 20.1 Å². The van der Waals surface area contributed by atoms with Crippen LogP contribution in [0.15, 0.2) is 49.1 Å². The van der Waals surface area contributed by atoms with E-state index < -0.39 is 12.3 Å². The molecule has 4 atom stereocenters. The van der Waals surface area contributed by atoms with Crippen molar-refractivity contribution in [2.45, 2.75) is 52.2 Å². The number of piperidine rings is 2. The number of aromatic nitrogens is 2. The van der Waals surface area contributed by atoms with E-state index in [9.17, 15) is 8.78 Å². The predicted octanol–water partition coefficient (Wildman–Crippen LogP) is 3.59. The van der Waals surface area contributed by atoms with Gasteiger partial charge in [0.1, 0.15) is 36.1 Å². The maximum absolute atomic E-state index is 13.3. The van der Waals surface area contributed by atoms with Gasteiger partial charge in [-0.2, -0.15) is 0 Å². The molecule has 0 bridgehead atoms. The minimum Gasteiger partial charge on any atom is -0.486 e. The molecule has 2 aromatic rings. The Bertz CT molecular complexity index is 622. The second-order valence-electron chi connectivity index (χ2n) is 6.71. The number of alkyl halides is 2. The van der Waals surface area contributed by atoms with Gasteiger partial charge in [0.15, 0.2) is 0 Å². The lowest BCUT2D eigenvalue weighted by Crippen LogP contribution is -2.44. The molecule has 2 aliphatic heterocycles. The quantitative estimate of drug-likeness (QED) is 0.782. The summed E-state index contributed by atoms with van der Waals surface area (Å²) in [5, 5.41) is 5.96. The maximum Gasteiger partial charge on any atom is 0.149 e. The Morgan fingerprint density at radius 1 is 0.767 bits per heavy atom. The van der Waals surface area contributed by atoms with Crippen LogP contribution in [0.3, 0.4) is 0 Å². The first-order valence-electron chi connectivity index (χ1n) is 9.55. The van der Waals surface area contributed by atoms with E-state index in [0.717, 1.165) is 13.1 Å². The molecule has 2 saturated heterocycles. The number of nitrogens with one attached hydrogen (secondary N) is 2. The van der Waals surface area contributed by atoms with Crippen molar-refractivity contribution in [3.05, 3.63) is 49.1 Å². The number of ether oxygens (including phenoxy) is 2. The Morgan fingerprint density at radius 2 is 1.20 bits per heavy atom. The summed E-state index contributed by atoms with van der Waals surface area (Å²) >= 11 is 0. The van der Waals surface area contributed by atoms with Gasteiger partial charge in [-0.1, -0.05) is 14.9 Å². The summed E-state index contributed by atoms with van der Waals surface area (Å²) in [5.74, 6) is 1.28. The zero-order chi connectivity index (χ0) is 19.6. The van der Waals surface area contributed by atoms with Crippen molar-refractivity contribution in [1.82, 2.24) is 20.6 Å². The van der Waals surface area contributed by atoms with Crippen LogP contribution < -0.4 is 20.1 Å². The molecule has 0 saturated carbocycles. The minimum absolute atomic E-state index is 0. The molecule has 0 aromatic carbocycles. The summed E-state index contributed by atoms with van der Waals surface area (Å²) in [7, 11) is 0. The first-order valence-corrected chi connectivity index (χ1v) is 9.55. The van der Waals surface area contributed by atoms with Crippen LogP contribution in [0.1, 0.15) is 27.7 Å². The highest BCUT2D eigenvalue weighted by atomic mass is 19.1. The van der Waals surface area contributed by atoms with E-state index in [1.165, 1.54) is 0 Å². The molecule has 6 nitrogen and oxygen atoms in total. The molecule has 168 valence electrons. The summed E-state index contributed by atoms with van der Waals surface area (Å²) in [5.41, 5.74) is 0. The van der Waals surface area contributed by atoms with Gasteiger partial charge >= 0.3 is 0 Å². The standard InChI is InChI=1S/2C10H13FN2O.2CH4/c2*11-9-7-13-5-3-10(9)14-8-2-1-4-12-6-8;;/h2*1-2,4,6,9-10,13H,3,5,7H2;2*1H4/t2*9-,10?;;/m10../s1. The number of rotatable bonds is 4. The van der Waals surface area contributed by atoms with Crippen molar-refractivity contribution in [3.8, 4) is 11.5 Å². The van der Waals surface area contributed by atoms with Gasteiger partial charge in [0, 0.05) is 25.5 Å². The third-order valence-corrected chi connectivity index (χ3v) is 4.54. The van der Waals surface area contributed by atoms with Gasteiger partial charge in [-0.05, 0) is 50.2 Å². The van der Waals surface area contributed by atoms with Crippen LogP contribution in [0.4, 0.5) is 8.78 Å². The Morgan fingerprint density at radius 3 is 1.53 bits per heavy atom. The van der Waals surface area contributed by atoms with Crippen LogP contribution in [0.5, 0.6) is 11.5 Å². The third kappa shape index (κ3) is 8.20. The van der Waals surface area contributed by atoms with Crippen molar-refractivity contribution in [2.75, 3.05) is 26.2 Å². The topological polar surface area (TPSA) is 68.3 Å². The molecule has 0 radical (unpaired) electrons. The normalized spacial score (nSPS) is 25.4. The number of halogens is 2. The van der Waals surface area contributed by atoms with Crippen molar-refractivity contribution < 1.29 is 18.3 Å². The van der Waals surface area contributed by atoms with Crippen molar-refractivity contribution >= 4 is 0 Å². The lowest BCUT2D eigenvalue weighted by atomic mass is 10.1. The van der Waals surface area contributed by atoms with Crippen LogP contribution >= 0.6 is 0 Å². The molecule has 0 spiro atoms. The molecule has 4 rings (SSSR count). The highest BCUT2D eigenvalue weighted by molar-refractivity contribution is 5.17. The summed E-state index contributed by atoms with van der Waals surface area (Å²) in [6.45, 7) is 2.38. The second-order valence-corrected chi connectivity index (χ2v) is 6.71. The maximum atomic E-state index is 13.3. The predicted molar refractivity (Wildman–Crippen MR) is 116 cm³/mol. The molecule has 30 heavy (non-hydrogen) atoms. The molecule has 2 N–H and O–H groups in total. The smallest absolute Gasteiger partial charge is 0.149 e. The number of hydrogen-bond acceptors (Lipinski definition) is 6. The molecule has 2 fully saturated rings. The third-order valence-electron chi connectivity index (χ3n) is 4.54. The average Bonchev–Trinajstić information content (AvgIpc) is 2.74. The first-order chi connectivity index (χ1) is 13.7. The van der Waals surface area contributed by atoms with Gasteiger partial charge in [-0.3, -0.25) is 9.97 Å². The number of nitrogens with zero attached hydrogens (tertiary/aromatic N) is 2. The lowest BCUT2D eigenvalue weighted by molar-refractivity contribution is 0.0728. The van der Waals surface area contributed by atoms with Crippen LogP contribution in [0, 0.1) is 0 Å². The SMILES string of the molecule is C.C.F[C@@H]1CNCCC1Oc1cccnc1.F[C@H]1CNCCC1Oc1cccnc1. The lowest BCUT2D eigenvalue weighted by Gasteiger charge is -2.27. The molecular formula is C22H34F2N4O2. The van der Waals surface area contributed by atoms with E-state index >= 15 is 0 Å². The highest BCUT2D eigenvalue weighted by Gasteiger charge is 2.26. The number of hydrogen-bond donors (Lipinski definition) is 2. The van der Waals surface area contributed by atoms with Gasteiger partial charge in [-0.15, -0.1) is 0 Å². The summed E-state index contributed by atoms with van der Waals surface area (Å²) in [4.78, 5) is 7.82. The Hall–Kier alpha value is -2.32. The van der Waals surface area contributed by atoms with E-state index in [2.05, 4.69) is 20.6 Å². The van der Waals surface area contributed by atoms with Crippen LogP contribution in [0.25, 0.3) is 0 Å². The van der Waals surface area contributed by atoms with Crippen molar-refractivity contribution in [2.24, 2.45) is 0 Å². The molecule has 2 unspecified atom stereocenters. The zero-order valence-corrected chi connectivity index (χ0v) is 15.6. The molecule has 2 aliphatic rings. The number of pyridine rings is 2. The second kappa shape index (κ2) is 13.8. The molecule has 0 aliphatic carbocycles. The summed E-state index contributed by atoms with van der Waals surface area (Å²) in [6.07, 6.45) is 5.44. The Labute approximate surface area is 178 Å². The van der Waals surface area contributed by atoms with E-state index in [4.69, 9.17) is 9.47 Å². The summed E-state index contributed by atoms with van der Waals surface area (Å²) in [6, 6.07) is 7.15. The fourth-order valence-electron chi connectivity index (χ4n) is 3.04. The van der Waals surface area contributed by atoms with Crippen molar-refractivity contribution in [3.63, 3.8) is 0 Å². The highest BCUT2D eigenvalue weighted by Crippen LogP contribution is 2.17. The molecule has 4 heterocycles. The molecule has 2 aromatic heterocycles. The monoisotopic (exact) mass is 424 g/mol. The zero-order valence-electron chi connectivity index (χ0n) is 15.6. The van der Waals surface area contributed by atoms with E-state index in [-0.39, 0.29) is 27.1 Å². The molecule has 8 heteroatoms. The largest absolute Gasteiger partial charge is 0.486 e. The fourth-order valence-corrected chi connectivity index (χ4v) is 3.04. The van der Waals surface area contributed by atoms with Gasteiger partial charge in [0.2, 0.25) is 0 Å². The van der Waals surface area contributed by atoms with Gasteiger partial charge in [0.25, 0.3) is 0 Å². The van der Waals surface area contributed by atoms with Crippen LogP contribution in [-0.4, -0.2) is 60.7 Å². The van der Waals surface area contributed by atoms with Gasteiger partial charge in [-0.25, -0.2) is 8.78 Å². The van der Waals surface area contributed by atoms with Crippen LogP contribution in [-0.2, 0) is 0 Å². The Balaban J connectivity index is 0.000000281. The molecule has 0 amide bonds. The van der Waals surface area contributed by atoms with E-state index in [1.807, 2.05) is 0 Å². The molecular weight excluding hydrogens is 390 g/mol. The van der Waals surface area contributed by atoms with Crippen molar-refractivity contribution in [1.29, 1.82) is 0 Å². The first kappa shape index (κ1) is 25.7.